The van der Waals surface area contributed by atoms with Crippen LogP contribution in [0.1, 0.15) is 27.9 Å². The number of para-hydroxylation sites is 1. The van der Waals surface area contributed by atoms with E-state index in [1.165, 1.54) is 19.1 Å². The predicted octanol–water partition coefficient (Wildman–Crippen LogP) is 4.36. The van der Waals surface area contributed by atoms with Crippen LogP contribution in [0.25, 0.3) is 0 Å². The molecule has 164 valence electrons. The van der Waals surface area contributed by atoms with E-state index in [1.54, 1.807) is 60.7 Å². The van der Waals surface area contributed by atoms with E-state index in [2.05, 4.69) is 0 Å². The molecule has 1 atom stereocenters. The first-order valence-corrected chi connectivity index (χ1v) is 10.4. The molecule has 1 heterocycles. The molecule has 1 unspecified atom stereocenters. The number of anilines is 1. The average Bonchev–Trinajstić information content (AvgIpc) is 3.00. The van der Waals surface area contributed by atoms with Gasteiger partial charge in [-0.15, -0.1) is 0 Å². The Balaban J connectivity index is 1.66. The van der Waals surface area contributed by atoms with E-state index in [9.17, 15) is 14.7 Å². The van der Waals surface area contributed by atoms with Gasteiger partial charge in [0.25, 0.3) is 5.91 Å². The van der Waals surface area contributed by atoms with Crippen molar-refractivity contribution in [3.05, 3.63) is 88.4 Å². The summed E-state index contributed by atoms with van der Waals surface area (Å²) in [6.07, 6.45) is -0.398. The second-order valence-corrected chi connectivity index (χ2v) is 8.00. The zero-order valence-corrected chi connectivity index (χ0v) is 18.4. The van der Waals surface area contributed by atoms with Crippen molar-refractivity contribution in [2.24, 2.45) is 0 Å². The van der Waals surface area contributed by atoms with Crippen LogP contribution in [0.4, 0.5) is 5.69 Å². The molecule has 0 fully saturated rings. The lowest BCUT2D eigenvalue weighted by Gasteiger charge is -2.23. The maximum atomic E-state index is 13.4. The molecule has 1 N–H and O–H groups in total. The van der Waals surface area contributed by atoms with Crippen molar-refractivity contribution < 1.29 is 24.2 Å². The predicted molar refractivity (Wildman–Crippen MR) is 121 cm³/mol. The summed E-state index contributed by atoms with van der Waals surface area (Å²) in [6.45, 7) is 0.225. The first-order valence-electron chi connectivity index (χ1n) is 10.0. The first-order chi connectivity index (χ1) is 15.4. The third kappa shape index (κ3) is 3.83. The number of carbonyl (C=O) groups is 2. The Labute approximate surface area is 191 Å². The number of benzene rings is 3. The summed E-state index contributed by atoms with van der Waals surface area (Å²) in [7, 11) is 2.98. The number of methoxy groups -OCH3 is 2. The number of amides is 1. The molecule has 0 aliphatic carbocycles. The molecule has 3 aromatic rings. The molecule has 0 aromatic heterocycles. The van der Waals surface area contributed by atoms with E-state index in [-0.39, 0.29) is 12.3 Å². The zero-order chi connectivity index (χ0) is 22.9. The topological polar surface area (TPSA) is 76.1 Å². The lowest BCUT2D eigenvalue weighted by Crippen LogP contribution is -2.41. The zero-order valence-electron chi connectivity index (χ0n) is 17.7. The number of halogens is 1. The Bertz CT molecular complexity index is 1190. The summed E-state index contributed by atoms with van der Waals surface area (Å²) in [4.78, 5) is 28.0. The third-order valence-electron chi connectivity index (χ3n) is 5.59. The Kier molecular flexibility index (Phi) is 5.91. The van der Waals surface area contributed by atoms with Gasteiger partial charge in [-0.05, 0) is 42.0 Å². The van der Waals surface area contributed by atoms with E-state index >= 15 is 0 Å². The molecule has 0 saturated heterocycles. The van der Waals surface area contributed by atoms with Crippen molar-refractivity contribution in [2.75, 3.05) is 19.1 Å². The standard InChI is InChI=1S/C25H22ClNO5/c1-31-22-11-10-17(13-23(22)32-2)21(28)14-25(30)19-8-3-4-9-20(19)27(24(25)29)15-16-6-5-7-18(26)12-16/h3-13,30H,14-15H2,1-2H3. The van der Waals surface area contributed by atoms with E-state index in [0.717, 1.165) is 5.56 Å². The fourth-order valence-corrected chi connectivity index (χ4v) is 4.21. The Hall–Kier alpha value is -3.35. The SMILES string of the molecule is COc1ccc(C(=O)CC2(O)C(=O)N(Cc3cccc(Cl)c3)c3ccccc32)cc1OC. The van der Waals surface area contributed by atoms with E-state index < -0.39 is 17.9 Å². The Morgan fingerprint density at radius 2 is 1.75 bits per heavy atom. The van der Waals surface area contributed by atoms with Crippen LogP contribution in [0.5, 0.6) is 11.5 Å². The van der Waals surface area contributed by atoms with Gasteiger partial charge in [0.2, 0.25) is 0 Å². The largest absolute Gasteiger partial charge is 0.493 e. The van der Waals surface area contributed by atoms with Crippen molar-refractivity contribution in [1.82, 2.24) is 0 Å². The summed E-state index contributed by atoms with van der Waals surface area (Å²) in [6, 6.07) is 18.9. The van der Waals surface area contributed by atoms with Crippen LogP contribution in [-0.2, 0) is 16.9 Å². The van der Waals surface area contributed by atoms with Gasteiger partial charge in [-0.3, -0.25) is 9.59 Å². The van der Waals surface area contributed by atoms with Crippen LogP contribution < -0.4 is 14.4 Å². The number of carbonyl (C=O) groups excluding carboxylic acids is 2. The summed E-state index contributed by atoms with van der Waals surface area (Å²) >= 11 is 6.09. The number of rotatable bonds is 7. The summed E-state index contributed by atoms with van der Waals surface area (Å²) in [5.41, 5.74) is 0.131. The van der Waals surface area contributed by atoms with Gasteiger partial charge in [0, 0.05) is 16.1 Å². The number of hydrogen-bond donors (Lipinski definition) is 1. The molecule has 0 spiro atoms. The molecule has 1 aliphatic rings. The van der Waals surface area contributed by atoms with Gasteiger partial charge in [-0.1, -0.05) is 41.9 Å². The minimum absolute atomic E-state index is 0.225. The molecule has 3 aromatic carbocycles. The van der Waals surface area contributed by atoms with E-state index in [4.69, 9.17) is 21.1 Å². The summed E-state index contributed by atoms with van der Waals surface area (Å²) in [5.74, 6) is -0.0578. The number of nitrogens with zero attached hydrogens (tertiary/aromatic N) is 1. The number of ketones is 1. The number of Topliss-reactive ketones (excluding diaryl/α,β-unsaturated/α-hetero) is 1. The quantitative estimate of drug-likeness (QED) is 0.540. The van der Waals surface area contributed by atoms with Gasteiger partial charge in [-0.2, -0.15) is 0 Å². The van der Waals surface area contributed by atoms with Gasteiger partial charge in [0.15, 0.2) is 22.9 Å². The molecule has 0 radical (unpaired) electrons. The summed E-state index contributed by atoms with van der Waals surface area (Å²) in [5, 5.41) is 12.0. The van der Waals surface area contributed by atoms with Crippen molar-refractivity contribution in [3.8, 4) is 11.5 Å². The molecular weight excluding hydrogens is 430 g/mol. The van der Waals surface area contributed by atoms with Crippen molar-refractivity contribution in [2.45, 2.75) is 18.6 Å². The van der Waals surface area contributed by atoms with Crippen LogP contribution >= 0.6 is 11.6 Å². The fourth-order valence-electron chi connectivity index (χ4n) is 4.00. The highest BCUT2D eigenvalue weighted by atomic mass is 35.5. The van der Waals surface area contributed by atoms with Gasteiger partial charge < -0.3 is 19.5 Å². The number of ether oxygens (including phenoxy) is 2. The monoisotopic (exact) mass is 451 g/mol. The maximum absolute atomic E-state index is 13.4. The van der Waals surface area contributed by atoms with Crippen LogP contribution in [-0.4, -0.2) is 31.0 Å². The Morgan fingerprint density at radius 3 is 2.47 bits per heavy atom. The number of hydrogen-bond acceptors (Lipinski definition) is 5. The van der Waals surface area contributed by atoms with Crippen molar-refractivity contribution in [1.29, 1.82) is 0 Å². The third-order valence-corrected chi connectivity index (χ3v) is 5.83. The molecule has 0 bridgehead atoms. The fraction of sp³-hybridized carbons (Fsp3) is 0.200. The van der Waals surface area contributed by atoms with Crippen LogP contribution in [0.2, 0.25) is 5.02 Å². The van der Waals surface area contributed by atoms with Crippen molar-refractivity contribution >= 4 is 29.0 Å². The minimum Gasteiger partial charge on any atom is -0.493 e. The highest BCUT2D eigenvalue weighted by Crippen LogP contribution is 2.44. The van der Waals surface area contributed by atoms with Gasteiger partial charge in [0.05, 0.1) is 32.9 Å². The smallest absolute Gasteiger partial charge is 0.264 e. The highest BCUT2D eigenvalue weighted by Gasteiger charge is 2.50. The Morgan fingerprint density at radius 1 is 1.00 bits per heavy atom. The molecule has 1 aliphatic heterocycles. The minimum atomic E-state index is -1.97. The van der Waals surface area contributed by atoms with E-state index in [0.29, 0.717) is 33.3 Å². The lowest BCUT2D eigenvalue weighted by atomic mass is 9.88. The van der Waals surface area contributed by atoms with Gasteiger partial charge >= 0.3 is 0 Å². The lowest BCUT2D eigenvalue weighted by molar-refractivity contribution is -0.136. The molecule has 0 saturated carbocycles. The molecule has 6 nitrogen and oxygen atoms in total. The van der Waals surface area contributed by atoms with E-state index in [1.807, 2.05) is 6.07 Å². The highest BCUT2D eigenvalue weighted by molar-refractivity contribution is 6.30. The molecule has 32 heavy (non-hydrogen) atoms. The molecule has 7 heteroatoms. The first kappa shape index (κ1) is 21.9. The maximum Gasteiger partial charge on any atom is 0.264 e. The summed E-state index contributed by atoms with van der Waals surface area (Å²) < 4.78 is 10.5. The second kappa shape index (κ2) is 8.65. The molecule has 1 amide bonds. The molecular formula is C25H22ClNO5. The second-order valence-electron chi connectivity index (χ2n) is 7.57. The van der Waals surface area contributed by atoms with Crippen molar-refractivity contribution in [3.63, 3.8) is 0 Å². The van der Waals surface area contributed by atoms with Gasteiger partial charge in [-0.25, -0.2) is 0 Å². The number of fused-ring (bicyclic) bond motifs is 1. The van der Waals surface area contributed by atoms with Crippen LogP contribution in [0.15, 0.2) is 66.7 Å². The average molecular weight is 452 g/mol. The van der Waals surface area contributed by atoms with Crippen LogP contribution in [0.3, 0.4) is 0 Å². The normalized spacial score (nSPS) is 17.2. The van der Waals surface area contributed by atoms with Gasteiger partial charge in [0.1, 0.15) is 0 Å². The van der Waals surface area contributed by atoms with Crippen LogP contribution in [0, 0.1) is 0 Å². The number of aliphatic hydroxyl groups is 1. The molecule has 4 rings (SSSR count).